The molecule has 0 amide bonds. The summed E-state index contributed by atoms with van der Waals surface area (Å²) in [7, 11) is 2.10. The van der Waals surface area contributed by atoms with Crippen LogP contribution in [0.15, 0.2) is 24.3 Å². The molecule has 0 spiro atoms. The molecule has 1 nitrogen and oxygen atoms in total. The normalized spacial score (nSPS) is 10.8. The van der Waals surface area contributed by atoms with Gasteiger partial charge in [-0.2, -0.15) is 0 Å². The standard InChI is InChI=1S/C10H13BrClN/c1-13(6-5-11)8-9-3-2-4-10(12)7-9/h2-4,7H,5-6,8H2,1H3. The zero-order valence-electron chi connectivity index (χ0n) is 7.63. The monoisotopic (exact) mass is 261 g/mol. The molecule has 72 valence electrons. The van der Waals surface area contributed by atoms with Crippen molar-refractivity contribution in [2.45, 2.75) is 6.54 Å². The van der Waals surface area contributed by atoms with Crippen molar-refractivity contribution in [2.24, 2.45) is 0 Å². The van der Waals surface area contributed by atoms with Crippen molar-refractivity contribution in [1.29, 1.82) is 0 Å². The first-order valence-corrected chi connectivity index (χ1v) is 5.71. The Hall–Kier alpha value is -0.0500. The van der Waals surface area contributed by atoms with Gasteiger partial charge in [-0.05, 0) is 24.7 Å². The molecule has 0 unspecified atom stereocenters. The molecular weight excluding hydrogens is 249 g/mol. The fourth-order valence-electron chi connectivity index (χ4n) is 1.17. The second-order valence-electron chi connectivity index (χ2n) is 3.06. The maximum atomic E-state index is 5.88. The van der Waals surface area contributed by atoms with Crippen molar-refractivity contribution >= 4 is 27.5 Å². The largest absolute Gasteiger partial charge is 0.301 e. The molecule has 0 atom stereocenters. The Kier molecular flexibility index (Phi) is 4.78. The summed E-state index contributed by atoms with van der Waals surface area (Å²) in [6, 6.07) is 7.98. The van der Waals surface area contributed by atoms with Crippen molar-refractivity contribution in [3.8, 4) is 0 Å². The molecule has 0 radical (unpaired) electrons. The number of alkyl halides is 1. The van der Waals surface area contributed by atoms with Crippen LogP contribution in [0.4, 0.5) is 0 Å². The molecule has 0 saturated heterocycles. The molecule has 13 heavy (non-hydrogen) atoms. The number of rotatable bonds is 4. The Morgan fingerprint density at radius 1 is 1.46 bits per heavy atom. The number of nitrogens with zero attached hydrogens (tertiary/aromatic N) is 1. The maximum absolute atomic E-state index is 5.88. The minimum Gasteiger partial charge on any atom is -0.301 e. The highest BCUT2D eigenvalue weighted by atomic mass is 79.9. The van der Waals surface area contributed by atoms with E-state index >= 15 is 0 Å². The molecule has 0 aliphatic rings. The average Bonchev–Trinajstić information content (AvgIpc) is 2.04. The maximum Gasteiger partial charge on any atom is 0.0409 e. The van der Waals surface area contributed by atoms with E-state index in [9.17, 15) is 0 Å². The van der Waals surface area contributed by atoms with E-state index in [1.54, 1.807) is 0 Å². The van der Waals surface area contributed by atoms with Gasteiger partial charge in [0.25, 0.3) is 0 Å². The minimum atomic E-state index is 0.810. The molecule has 0 aliphatic heterocycles. The molecule has 0 aliphatic carbocycles. The summed E-state index contributed by atoms with van der Waals surface area (Å²) in [4.78, 5) is 2.25. The molecule has 0 N–H and O–H groups in total. The topological polar surface area (TPSA) is 3.24 Å². The van der Waals surface area contributed by atoms with Crippen LogP contribution in [0.1, 0.15) is 5.56 Å². The molecule has 1 aromatic rings. The van der Waals surface area contributed by atoms with Crippen molar-refractivity contribution in [1.82, 2.24) is 4.90 Å². The highest BCUT2D eigenvalue weighted by molar-refractivity contribution is 9.09. The predicted molar refractivity (Wildman–Crippen MR) is 61.6 cm³/mol. The third kappa shape index (κ3) is 4.12. The zero-order valence-corrected chi connectivity index (χ0v) is 9.98. The van der Waals surface area contributed by atoms with E-state index < -0.39 is 0 Å². The highest BCUT2D eigenvalue weighted by Gasteiger charge is 1.99. The average molecular weight is 263 g/mol. The lowest BCUT2D eigenvalue weighted by molar-refractivity contribution is 0.349. The number of benzene rings is 1. The first-order chi connectivity index (χ1) is 6.22. The Morgan fingerprint density at radius 2 is 2.23 bits per heavy atom. The highest BCUT2D eigenvalue weighted by Crippen LogP contribution is 2.11. The van der Waals surface area contributed by atoms with E-state index in [0.717, 1.165) is 23.4 Å². The van der Waals surface area contributed by atoms with Crippen LogP contribution in [-0.4, -0.2) is 23.8 Å². The van der Waals surface area contributed by atoms with E-state index in [0.29, 0.717) is 0 Å². The van der Waals surface area contributed by atoms with Gasteiger partial charge in [-0.25, -0.2) is 0 Å². The van der Waals surface area contributed by atoms with Gasteiger partial charge in [0.1, 0.15) is 0 Å². The van der Waals surface area contributed by atoms with E-state index in [1.807, 2.05) is 18.2 Å². The second kappa shape index (κ2) is 5.63. The van der Waals surface area contributed by atoms with Gasteiger partial charge in [0, 0.05) is 23.4 Å². The molecule has 1 rings (SSSR count). The summed E-state index contributed by atoms with van der Waals surface area (Å²) < 4.78 is 0. The van der Waals surface area contributed by atoms with E-state index in [1.165, 1.54) is 5.56 Å². The van der Waals surface area contributed by atoms with Crippen LogP contribution in [0.5, 0.6) is 0 Å². The zero-order chi connectivity index (χ0) is 9.68. The number of hydrogen-bond acceptors (Lipinski definition) is 1. The fraction of sp³-hybridized carbons (Fsp3) is 0.400. The molecule has 0 heterocycles. The van der Waals surface area contributed by atoms with Gasteiger partial charge in [-0.1, -0.05) is 39.7 Å². The smallest absolute Gasteiger partial charge is 0.0409 e. The van der Waals surface area contributed by atoms with E-state index in [2.05, 4.69) is 33.9 Å². The lowest BCUT2D eigenvalue weighted by Gasteiger charge is -2.14. The van der Waals surface area contributed by atoms with Gasteiger partial charge in [0.15, 0.2) is 0 Å². The summed E-state index contributed by atoms with van der Waals surface area (Å²) in [5.74, 6) is 0. The van der Waals surface area contributed by atoms with Gasteiger partial charge in [0.05, 0.1) is 0 Å². The van der Waals surface area contributed by atoms with Gasteiger partial charge in [-0.15, -0.1) is 0 Å². The summed E-state index contributed by atoms with van der Waals surface area (Å²) in [5, 5.41) is 1.81. The molecule has 1 aromatic carbocycles. The van der Waals surface area contributed by atoms with Crippen LogP contribution in [-0.2, 0) is 6.54 Å². The Morgan fingerprint density at radius 3 is 2.85 bits per heavy atom. The van der Waals surface area contributed by atoms with Crippen molar-refractivity contribution < 1.29 is 0 Å². The van der Waals surface area contributed by atoms with Crippen molar-refractivity contribution in [2.75, 3.05) is 18.9 Å². The summed E-state index contributed by atoms with van der Waals surface area (Å²) in [6.45, 7) is 2.00. The van der Waals surface area contributed by atoms with Gasteiger partial charge in [0.2, 0.25) is 0 Å². The molecular formula is C10H13BrClN. The van der Waals surface area contributed by atoms with Crippen molar-refractivity contribution in [3.63, 3.8) is 0 Å². The summed E-state index contributed by atoms with van der Waals surface area (Å²) in [5.41, 5.74) is 1.26. The van der Waals surface area contributed by atoms with Crippen LogP contribution in [0.3, 0.4) is 0 Å². The van der Waals surface area contributed by atoms with Crippen LogP contribution >= 0.6 is 27.5 Å². The van der Waals surface area contributed by atoms with Gasteiger partial charge in [-0.3, -0.25) is 0 Å². The third-order valence-corrected chi connectivity index (χ3v) is 2.40. The SMILES string of the molecule is CN(CCBr)Cc1cccc(Cl)c1. The third-order valence-electron chi connectivity index (χ3n) is 1.81. The first kappa shape index (κ1) is 11.0. The second-order valence-corrected chi connectivity index (χ2v) is 4.29. The first-order valence-electron chi connectivity index (χ1n) is 4.21. The van der Waals surface area contributed by atoms with E-state index in [-0.39, 0.29) is 0 Å². The minimum absolute atomic E-state index is 0.810. The number of halogens is 2. The molecule has 0 bridgehead atoms. The molecule has 0 fully saturated rings. The van der Waals surface area contributed by atoms with Crippen LogP contribution in [0.2, 0.25) is 5.02 Å². The molecule has 0 saturated carbocycles. The van der Waals surface area contributed by atoms with Crippen LogP contribution in [0, 0.1) is 0 Å². The number of hydrogen-bond donors (Lipinski definition) is 0. The van der Waals surface area contributed by atoms with E-state index in [4.69, 9.17) is 11.6 Å². The Labute approximate surface area is 92.8 Å². The fourth-order valence-corrected chi connectivity index (χ4v) is 1.99. The van der Waals surface area contributed by atoms with Gasteiger partial charge < -0.3 is 4.90 Å². The lowest BCUT2D eigenvalue weighted by Crippen LogP contribution is -2.19. The van der Waals surface area contributed by atoms with Crippen LogP contribution < -0.4 is 0 Å². The predicted octanol–water partition coefficient (Wildman–Crippen LogP) is 3.17. The Balaban J connectivity index is 2.53. The Bertz CT molecular complexity index is 265. The lowest BCUT2D eigenvalue weighted by atomic mass is 10.2. The van der Waals surface area contributed by atoms with Crippen molar-refractivity contribution in [3.05, 3.63) is 34.9 Å². The quantitative estimate of drug-likeness (QED) is 0.754. The molecule has 3 heteroatoms. The summed E-state index contributed by atoms with van der Waals surface area (Å²) in [6.07, 6.45) is 0. The summed E-state index contributed by atoms with van der Waals surface area (Å²) >= 11 is 9.29. The molecule has 0 aromatic heterocycles. The van der Waals surface area contributed by atoms with Gasteiger partial charge >= 0.3 is 0 Å². The van der Waals surface area contributed by atoms with Crippen LogP contribution in [0.25, 0.3) is 0 Å².